The summed E-state index contributed by atoms with van der Waals surface area (Å²) in [6.45, 7) is 1.74. The maximum Gasteiger partial charge on any atom is 0.257 e. The number of para-hydroxylation sites is 1. The van der Waals surface area contributed by atoms with E-state index in [0.717, 1.165) is 15.3 Å². The first-order valence-corrected chi connectivity index (χ1v) is 8.52. The third-order valence-electron chi connectivity index (χ3n) is 3.22. The van der Waals surface area contributed by atoms with E-state index >= 15 is 0 Å². The van der Waals surface area contributed by atoms with Crippen LogP contribution in [-0.4, -0.2) is 20.9 Å². The van der Waals surface area contributed by atoms with Crippen LogP contribution in [0.1, 0.15) is 22.8 Å². The molecule has 0 spiro atoms. The number of benzene rings is 2. The van der Waals surface area contributed by atoms with Crippen molar-refractivity contribution in [3.63, 3.8) is 0 Å². The number of carboxylic acids is 1. The molecule has 0 fully saturated rings. The molecule has 0 aliphatic carbocycles. The van der Waals surface area contributed by atoms with Crippen LogP contribution >= 0.6 is 0 Å². The summed E-state index contributed by atoms with van der Waals surface area (Å²) in [5.41, 5.74) is 0.666. The molecule has 0 saturated heterocycles. The molecule has 0 aromatic heterocycles. The largest absolute Gasteiger partial charge is 0.545 e. The minimum atomic E-state index is -3.82. The lowest BCUT2D eigenvalue weighted by Crippen LogP contribution is -2.32. The van der Waals surface area contributed by atoms with Gasteiger partial charge in [-0.2, -0.15) is 0 Å². The Kier molecular flexibility index (Phi) is 5.18. The zero-order chi connectivity index (χ0) is 16.9. The van der Waals surface area contributed by atoms with E-state index < -0.39 is 16.0 Å². The predicted octanol–water partition coefficient (Wildman–Crippen LogP) is 1.88. The lowest BCUT2D eigenvalue weighted by Gasteiger charge is -2.24. The Labute approximate surface area is 135 Å². The normalized spacial score (nSPS) is 11.5. The third-order valence-corrected chi connectivity index (χ3v) is 4.77. The van der Waals surface area contributed by atoms with Gasteiger partial charge in [-0.1, -0.05) is 48.5 Å². The molecule has 5 nitrogen and oxygen atoms in total. The molecule has 0 aliphatic heterocycles. The van der Waals surface area contributed by atoms with Gasteiger partial charge >= 0.3 is 0 Å². The zero-order valence-corrected chi connectivity index (χ0v) is 13.4. The number of aromatic carboxylic acids is 1. The minimum absolute atomic E-state index is 0.0905. The number of nitrogens with zero attached hydrogens (tertiary/aromatic N) is 1. The lowest BCUT2D eigenvalue weighted by molar-refractivity contribution is -0.254. The van der Waals surface area contributed by atoms with Crippen molar-refractivity contribution in [3.05, 3.63) is 71.1 Å². The molecule has 0 atom stereocenters. The van der Waals surface area contributed by atoms with E-state index in [9.17, 15) is 18.3 Å². The van der Waals surface area contributed by atoms with Crippen LogP contribution in [-0.2, 0) is 10.0 Å². The van der Waals surface area contributed by atoms with Crippen LogP contribution in [0, 0.1) is 0 Å². The molecule has 2 aromatic carbocycles. The fourth-order valence-corrected chi connectivity index (χ4v) is 3.42. The molecule has 0 N–H and O–H groups in total. The average molecular weight is 330 g/mol. The van der Waals surface area contributed by atoms with E-state index in [1.807, 2.05) is 6.07 Å². The van der Waals surface area contributed by atoms with Gasteiger partial charge in [-0.15, -0.1) is 0 Å². The molecule has 0 heterocycles. The Morgan fingerprint density at radius 1 is 1.09 bits per heavy atom. The first-order valence-electron chi connectivity index (χ1n) is 7.02. The highest BCUT2D eigenvalue weighted by atomic mass is 32.2. The summed E-state index contributed by atoms with van der Waals surface area (Å²) in [5.74, 6) is -1.42. The quantitative estimate of drug-likeness (QED) is 0.810. The first-order chi connectivity index (χ1) is 11.0. The summed E-state index contributed by atoms with van der Waals surface area (Å²) >= 11 is 0. The minimum Gasteiger partial charge on any atom is -0.545 e. The van der Waals surface area contributed by atoms with Gasteiger partial charge in [0.2, 0.25) is 0 Å². The SMILES string of the molecule is CCN(c1ccccc1C(=O)[O-])S(=O)(=O)C=Cc1ccccc1. The molecule has 0 radical (unpaired) electrons. The zero-order valence-electron chi connectivity index (χ0n) is 12.5. The maximum absolute atomic E-state index is 12.5. The number of carbonyl (C=O) groups excluding carboxylic acids is 1. The van der Waals surface area contributed by atoms with Gasteiger partial charge in [-0.05, 0) is 24.6 Å². The number of sulfonamides is 1. The smallest absolute Gasteiger partial charge is 0.257 e. The summed E-state index contributed by atoms with van der Waals surface area (Å²) in [7, 11) is -3.82. The van der Waals surface area contributed by atoms with Crippen molar-refractivity contribution in [1.29, 1.82) is 0 Å². The van der Waals surface area contributed by atoms with Crippen molar-refractivity contribution < 1.29 is 18.3 Å². The van der Waals surface area contributed by atoms with Gasteiger partial charge in [0.15, 0.2) is 0 Å². The van der Waals surface area contributed by atoms with Crippen molar-refractivity contribution in [2.24, 2.45) is 0 Å². The molecule has 2 rings (SSSR count). The second kappa shape index (κ2) is 7.11. The molecule has 0 unspecified atom stereocenters. The van der Waals surface area contributed by atoms with Gasteiger partial charge in [0, 0.05) is 12.1 Å². The highest BCUT2D eigenvalue weighted by Gasteiger charge is 2.20. The van der Waals surface area contributed by atoms with Crippen molar-refractivity contribution in [2.75, 3.05) is 10.8 Å². The Morgan fingerprint density at radius 3 is 2.30 bits per heavy atom. The number of anilines is 1. The second-order valence-corrected chi connectivity index (χ2v) is 6.47. The van der Waals surface area contributed by atoms with E-state index in [4.69, 9.17) is 0 Å². The molecule has 23 heavy (non-hydrogen) atoms. The van der Waals surface area contributed by atoms with Crippen molar-refractivity contribution in [3.8, 4) is 0 Å². The number of carbonyl (C=O) groups is 1. The fraction of sp³-hybridized carbons (Fsp3) is 0.118. The van der Waals surface area contributed by atoms with Gasteiger partial charge < -0.3 is 9.90 Å². The van der Waals surface area contributed by atoms with Crippen LogP contribution in [0.5, 0.6) is 0 Å². The Morgan fingerprint density at radius 2 is 1.70 bits per heavy atom. The summed E-state index contributed by atoms with van der Waals surface area (Å²) < 4.78 is 26.1. The fourth-order valence-electron chi connectivity index (χ4n) is 2.15. The van der Waals surface area contributed by atoms with Gasteiger partial charge in [-0.25, -0.2) is 8.42 Å². The van der Waals surface area contributed by atoms with Gasteiger partial charge in [0.05, 0.1) is 17.1 Å². The molecular weight excluding hydrogens is 314 g/mol. The Balaban J connectivity index is 2.41. The van der Waals surface area contributed by atoms with E-state index in [1.54, 1.807) is 37.3 Å². The second-order valence-electron chi connectivity index (χ2n) is 4.73. The summed E-state index contributed by atoms with van der Waals surface area (Å²) in [6.07, 6.45) is 1.47. The van der Waals surface area contributed by atoms with E-state index in [0.29, 0.717) is 0 Å². The number of rotatable bonds is 6. The molecular formula is C17H16NO4S-. The maximum atomic E-state index is 12.5. The van der Waals surface area contributed by atoms with E-state index in [-0.39, 0.29) is 17.8 Å². The molecule has 120 valence electrons. The van der Waals surface area contributed by atoms with E-state index in [1.165, 1.54) is 24.3 Å². The van der Waals surface area contributed by atoms with Crippen molar-refractivity contribution >= 4 is 27.8 Å². The molecule has 6 heteroatoms. The highest BCUT2D eigenvalue weighted by Crippen LogP contribution is 2.23. The van der Waals surface area contributed by atoms with Crippen LogP contribution < -0.4 is 9.41 Å². The van der Waals surface area contributed by atoms with Crippen molar-refractivity contribution in [1.82, 2.24) is 0 Å². The summed E-state index contributed by atoms with van der Waals surface area (Å²) in [5, 5.41) is 12.3. The molecule has 0 saturated carbocycles. The molecule has 0 bridgehead atoms. The molecule has 2 aromatic rings. The van der Waals surface area contributed by atoms with Gasteiger partial charge in [0.1, 0.15) is 0 Å². The monoisotopic (exact) mass is 330 g/mol. The molecule has 0 amide bonds. The van der Waals surface area contributed by atoms with Crippen LogP contribution in [0.25, 0.3) is 6.08 Å². The molecule has 0 aliphatic rings. The number of hydrogen-bond acceptors (Lipinski definition) is 4. The van der Waals surface area contributed by atoms with Crippen LogP contribution in [0.15, 0.2) is 60.0 Å². The first kappa shape index (κ1) is 16.8. The standard InChI is InChI=1S/C17H17NO4S/c1-2-18(16-11-7-6-10-15(16)17(19)20)23(21,22)13-12-14-8-4-3-5-9-14/h3-13H,2H2,1H3,(H,19,20)/p-1. The van der Waals surface area contributed by atoms with Crippen LogP contribution in [0.3, 0.4) is 0 Å². The van der Waals surface area contributed by atoms with Gasteiger partial charge in [-0.3, -0.25) is 4.31 Å². The Hall–Kier alpha value is -2.60. The highest BCUT2D eigenvalue weighted by molar-refractivity contribution is 7.95. The average Bonchev–Trinajstić information content (AvgIpc) is 2.55. The predicted molar refractivity (Wildman–Crippen MR) is 88.2 cm³/mol. The Bertz CT molecular complexity index is 813. The van der Waals surface area contributed by atoms with Crippen LogP contribution in [0.2, 0.25) is 0 Å². The number of hydrogen-bond donors (Lipinski definition) is 0. The van der Waals surface area contributed by atoms with E-state index in [2.05, 4.69) is 0 Å². The number of carboxylic acid groups (broad SMARTS) is 1. The lowest BCUT2D eigenvalue weighted by atomic mass is 10.2. The van der Waals surface area contributed by atoms with Crippen molar-refractivity contribution in [2.45, 2.75) is 6.92 Å². The topological polar surface area (TPSA) is 77.5 Å². The van der Waals surface area contributed by atoms with Gasteiger partial charge in [0.25, 0.3) is 10.0 Å². The summed E-state index contributed by atoms with van der Waals surface area (Å²) in [4.78, 5) is 11.2. The van der Waals surface area contributed by atoms with Crippen LogP contribution in [0.4, 0.5) is 5.69 Å². The third kappa shape index (κ3) is 3.98. The summed E-state index contributed by atoms with van der Waals surface area (Å²) in [6, 6.07) is 14.9.